The highest BCUT2D eigenvalue weighted by Crippen LogP contribution is 2.36. The quantitative estimate of drug-likeness (QED) is 0.412. The number of nitrogens with zero attached hydrogens (tertiary/aromatic N) is 3. The first-order valence-corrected chi connectivity index (χ1v) is 16.3. The van der Waals surface area contributed by atoms with Crippen LogP contribution < -0.4 is 10.1 Å². The summed E-state index contributed by atoms with van der Waals surface area (Å²) in [6.07, 6.45) is 7.23. The van der Waals surface area contributed by atoms with Crippen molar-refractivity contribution in [1.82, 2.24) is 20.0 Å². The van der Waals surface area contributed by atoms with Crippen LogP contribution in [-0.4, -0.2) is 88.9 Å². The lowest BCUT2D eigenvalue weighted by molar-refractivity contribution is -0.166. The van der Waals surface area contributed by atoms with E-state index in [1.165, 1.54) is 6.42 Å². The first-order valence-electron chi connectivity index (χ1n) is 16.3. The first kappa shape index (κ1) is 32.0. The van der Waals surface area contributed by atoms with Gasteiger partial charge in [-0.05, 0) is 80.0 Å². The van der Waals surface area contributed by atoms with Crippen LogP contribution in [0.5, 0.6) is 11.5 Å². The molecule has 0 aromatic heterocycles. The van der Waals surface area contributed by atoms with E-state index in [4.69, 9.17) is 4.74 Å². The highest BCUT2D eigenvalue weighted by molar-refractivity contribution is 6.00. The normalized spacial score (nSPS) is 21.6. The average Bonchev–Trinajstić information content (AvgIpc) is 3.04. The van der Waals surface area contributed by atoms with Crippen molar-refractivity contribution in [3.8, 4) is 11.5 Å². The third-order valence-electron chi connectivity index (χ3n) is 9.72. The Balaban J connectivity index is 1.19. The van der Waals surface area contributed by atoms with Crippen molar-refractivity contribution in [3.63, 3.8) is 0 Å². The van der Waals surface area contributed by atoms with Gasteiger partial charge >= 0.3 is 0 Å². The van der Waals surface area contributed by atoms with Gasteiger partial charge in [0.05, 0.1) is 6.10 Å². The predicted molar refractivity (Wildman–Crippen MR) is 169 cm³/mol. The number of piperazine rings is 1. The zero-order valence-corrected chi connectivity index (χ0v) is 26.5. The highest BCUT2D eigenvalue weighted by atomic mass is 16.5. The van der Waals surface area contributed by atoms with Crippen molar-refractivity contribution in [3.05, 3.63) is 59.7 Å². The molecule has 1 spiro atoms. The molecule has 44 heavy (non-hydrogen) atoms. The van der Waals surface area contributed by atoms with E-state index >= 15 is 0 Å². The van der Waals surface area contributed by atoms with Crippen LogP contribution in [0.3, 0.4) is 0 Å². The number of likely N-dealkylation sites (tertiary alicyclic amines) is 1. The topological polar surface area (TPSA) is 102 Å². The SMILES string of the molecule is CCCCN1C(=O)[C@@H]([C@H](O)C2CCCCC2)NC(=O)C12CCN(Cc1ccc(Oc3ccc(C(=O)N(C)C)cc3)cc1)CC2. The van der Waals surface area contributed by atoms with E-state index in [1.807, 2.05) is 29.2 Å². The van der Waals surface area contributed by atoms with Gasteiger partial charge in [-0.3, -0.25) is 19.3 Å². The molecule has 2 aliphatic heterocycles. The molecule has 0 bridgehead atoms. The molecule has 1 saturated carbocycles. The van der Waals surface area contributed by atoms with Gasteiger partial charge in [0.1, 0.15) is 23.1 Å². The van der Waals surface area contributed by atoms with E-state index in [-0.39, 0.29) is 23.6 Å². The van der Waals surface area contributed by atoms with Gasteiger partial charge in [-0.15, -0.1) is 0 Å². The van der Waals surface area contributed by atoms with Gasteiger partial charge in [-0.2, -0.15) is 0 Å². The Hall–Kier alpha value is -3.43. The maximum atomic E-state index is 13.9. The van der Waals surface area contributed by atoms with Crippen LogP contribution in [0.2, 0.25) is 0 Å². The fraction of sp³-hybridized carbons (Fsp3) is 0.571. The van der Waals surface area contributed by atoms with E-state index in [0.29, 0.717) is 49.5 Å². The van der Waals surface area contributed by atoms with E-state index in [2.05, 4.69) is 17.1 Å². The molecular formula is C35H48N4O5. The Morgan fingerprint density at radius 3 is 2.20 bits per heavy atom. The lowest BCUT2D eigenvalue weighted by Gasteiger charge is -2.52. The number of rotatable bonds is 10. The summed E-state index contributed by atoms with van der Waals surface area (Å²) >= 11 is 0. The fourth-order valence-electron chi connectivity index (χ4n) is 7.02. The van der Waals surface area contributed by atoms with E-state index in [9.17, 15) is 19.5 Å². The van der Waals surface area contributed by atoms with E-state index in [1.54, 1.807) is 43.3 Å². The number of hydrogen-bond acceptors (Lipinski definition) is 6. The summed E-state index contributed by atoms with van der Waals surface area (Å²) in [7, 11) is 3.46. The number of benzene rings is 2. The third-order valence-corrected chi connectivity index (χ3v) is 9.72. The smallest absolute Gasteiger partial charge is 0.253 e. The largest absolute Gasteiger partial charge is 0.457 e. The molecule has 0 unspecified atom stereocenters. The number of unbranched alkanes of at least 4 members (excludes halogenated alkanes) is 1. The summed E-state index contributed by atoms with van der Waals surface area (Å²) in [6.45, 7) is 4.79. The molecule has 3 amide bonds. The van der Waals surface area contributed by atoms with Crippen LogP contribution in [0.25, 0.3) is 0 Å². The molecule has 1 aliphatic carbocycles. The number of carbonyl (C=O) groups is 3. The van der Waals surface area contributed by atoms with Gasteiger partial charge in [0, 0.05) is 45.8 Å². The molecule has 2 aromatic rings. The number of hydrogen-bond donors (Lipinski definition) is 2. The summed E-state index contributed by atoms with van der Waals surface area (Å²) < 4.78 is 5.99. The molecule has 2 atom stereocenters. The molecule has 2 saturated heterocycles. The van der Waals surface area contributed by atoms with Crippen molar-refractivity contribution in [2.24, 2.45) is 5.92 Å². The summed E-state index contributed by atoms with van der Waals surface area (Å²) in [5.41, 5.74) is 0.903. The molecular weight excluding hydrogens is 556 g/mol. The summed E-state index contributed by atoms with van der Waals surface area (Å²) in [5, 5.41) is 14.2. The van der Waals surface area contributed by atoms with Crippen molar-refractivity contribution >= 4 is 17.7 Å². The number of amides is 3. The van der Waals surface area contributed by atoms with Crippen LogP contribution in [0.1, 0.15) is 80.6 Å². The van der Waals surface area contributed by atoms with E-state index in [0.717, 1.165) is 50.6 Å². The Morgan fingerprint density at radius 2 is 1.61 bits per heavy atom. The summed E-state index contributed by atoms with van der Waals surface area (Å²) in [5.74, 6) is 1.18. The minimum atomic E-state index is -0.851. The fourth-order valence-corrected chi connectivity index (χ4v) is 7.02. The predicted octanol–water partition coefficient (Wildman–Crippen LogP) is 4.58. The van der Waals surface area contributed by atoms with Crippen molar-refractivity contribution in [1.29, 1.82) is 0 Å². The summed E-state index contributed by atoms with van der Waals surface area (Å²) in [4.78, 5) is 45.4. The molecule has 2 aromatic carbocycles. The lowest BCUT2D eigenvalue weighted by atomic mass is 9.78. The number of aliphatic hydroxyl groups excluding tert-OH is 1. The molecule has 2 N–H and O–H groups in total. The second-order valence-corrected chi connectivity index (χ2v) is 13.0. The molecule has 9 nitrogen and oxygen atoms in total. The maximum absolute atomic E-state index is 13.9. The van der Waals surface area contributed by atoms with Crippen molar-refractivity contribution < 1.29 is 24.2 Å². The molecule has 9 heteroatoms. The Kier molecular flexibility index (Phi) is 10.3. The van der Waals surface area contributed by atoms with Crippen molar-refractivity contribution in [2.75, 3.05) is 33.7 Å². The zero-order valence-electron chi connectivity index (χ0n) is 26.5. The first-order chi connectivity index (χ1) is 21.2. The highest BCUT2D eigenvalue weighted by Gasteiger charge is 2.55. The van der Waals surface area contributed by atoms with Crippen LogP contribution in [0, 0.1) is 5.92 Å². The molecule has 5 rings (SSSR count). The molecule has 0 radical (unpaired) electrons. The van der Waals surface area contributed by atoms with Gasteiger partial charge in [-0.25, -0.2) is 0 Å². The number of carbonyl (C=O) groups excluding carboxylic acids is 3. The molecule has 3 fully saturated rings. The van der Waals surface area contributed by atoms with Crippen LogP contribution in [-0.2, 0) is 16.1 Å². The van der Waals surface area contributed by atoms with Crippen LogP contribution >= 0.6 is 0 Å². The monoisotopic (exact) mass is 604 g/mol. The second-order valence-electron chi connectivity index (χ2n) is 13.0. The van der Waals surface area contributed by atoms with Gasteiger partial charge in [0.15, 0.2) is 0 Å². The Morgan fingerprint density at radius 1 is 1.00 bits per heavy atom. The molecule has 3 aliphatic rings. The van der Waals surface area contributed by atoms with Gasteiger partial charge < -0.3 is 25.0 Å². The number of aliphatic hydroxyl groups is 1. The second kappa shape index (κ2) is 14.1. The molecule has 238 valence electrons. The third kappa shape index (κ3) is 6.94. The van der Waals surface area contributed by atoms with Crippen molar-refractivity contribution in [2.45, 2.75) is 88.9 Å². The minimum Gasteiger partial charge on any atom is -0.457 e. The van der Waals surface area contributed by atoms with Crippen LogP contribution in [0.4, 0.5) is 0 Å². The Bertz CT molecular complexity index is 1280. The zero-order chi connectivity index (χ0) is 31.3. The van der Waals surface area contributed by atoms with Crippen LogP contribution in [0.15, 0.2) is 48.5 Å². The standard InChI is InChI=1S/C35H48N4O5/c1-4-5-21-39-33(42)30(31(40)26-9-7-6-8-10-26)36-34(43)35(39)19-22-38(23-20-35)24-25-11-15-28(16-12-25)44-29-17-13-27(14-18-29)32(41)37(2)3/h11-18,26,30-31,40H,4-10,19-24H2,1-3H3,(H,36,43)/t30-,31-/m1/s1. The van der Waals surface area contributed by atoms with Gasteiger partial charge in [-0.1, -0.05) is 44.7 Å². The average molecular weight is 605 g/mol. The lowest BCUT2D eigenvalue weighted by Crippen LogP contribution is -2.75. The number of ether oxygens (including phenoxy) is 1. The molecule has 2 heterocycles. The number of nitrogens with one attached hydrogen (secondary N) is 1. The maximum Gasteiger partial charge on any atom is 0.253 e. The van der Waals surface area contributed by atoms with Gasteiger partial charge in [0.25, 0.3) is 5.91 Å². The minimum absolute atomic E-state index is 0.0495. The Labute approximate surface area is 261 Å². The van der Waals surface area contributed by atoms with E-state index < -0.39 is 17.7 Å². The number of piperidine rings is 1. The summed E-state index contributed by atoms with van der Waals surface area (Å²) in [6, 6.07) is 14.2. The van der Waals surface area contributed by atoms with Gasteiger partial charge in [0.2, 0.25) is 11.8 Å².